The molecule has 0 fully saturated rings. The SMILES string of the molecule is CCC(NC(=O)c1cccc(NS(=O)(=O)c2ccccc2)c1)c1ccccc1. The van der Waals surface area contributed by atoms with E-state index in [0.29, 0.717) is 11.3 Å². The van der Waals surface area contributed by atoms with Crippen LogP contribution >= 0.6 is 0 Å². The normalized spacial score (nSPS) is 12.2. The van der Waals surface area contributed by atoms with Gasteiger partial charge in [-0.05, 0) is 42.3 Å². The van der Waals surface area contributed by atoms with Gasteiger partial charge in [0.15, 0.2) is 0 Å². The van der Waals surface area contributed by atoms with E-state index in [4.69, 9.17) is 0 Å². The van der Waals surface area contributed by atoms with E-state index in [-0.39, 0.29) is 16.8 Å². The van der Waals surface area contributed by atoms with Gasteiger partial charge in [-0.1, -0.05) is 61.5 Å². The van der Waals surface area contributed by atoms with E-state index < -0.39 is 10.0 Å². The van der Waals surface area contributed by atoms with E-state index in [1.54, 1.807) is 36.4 Å². The highest BCUT2D eigenvalue weighted by Crippen LogP contribution is 2.19. The van der Waals surface area contributed by atoms with Gasteiger partial charge in [-0.25, -0.2) is 8.42 Å². The van der Waals surface area contributed by atoms with Gasteiger partial charge in [0, 0.05) is 11.3 Å². The Hall–Kier alpha value is -3.12. The van der Waals surface area contributed by atoms with Crippen LogP contribution < -0.4 is 10.0 Å². The number of amides is 1. The minimum absolute atomic E-state index is 0.113. The Morgan fingerprint density at radius 3 is 2.18 bits per heavy atom. The topological polar surface area (TPSA) is 75.3 Å². The molecule has 2 N–H and O–H groups in total. The van der Waals surface area contributed by atoms with Crippen molar-refractivity contribution >= 4 is 21.6 Å². The minimum atomic E-state index is -3.71. The summed E-state index contributed by atoms with van der Waals surface area (Å²) in [5, 5.41) is 3.00. The molecule has 0 saturated heterocycles. The van der Waals surface area contributed by atoms with E-state index >= 15 is 0 Å². The van der Waals surface area contributed by atoms with Crippen molar-refractivity contribution in [2.45, 2.75) is 24.3 Å². The van der Waals surface area contributed by atoms with Crippen LogP contribution in [0.15, 0.2) is 89.8 Å². The summed E-state index contributed by atoms with van der Waals surface area (Å²) < 4.78 is 27.5. The molecule has 144 valence electrons. The van der Waals surface area contributed by atoms with Gasteiger partial charge >= 0.3 is 0 Å². The average Bonchev–Trinajstić information content (AvgIpc) is 2.73. The number of benzene rings is 3. The van der Waals surface area contributed by atoms with Crippen molar-refractivity contribution in [2.75, 3.05) is 4.72 Å². The maximum absolute atomic E-state index is 12.7. The lowest BCUT2D eigenvalue weighted by molar-refractivity contribution is 0.0935. The van der Waals surface area contributed by atoms with Gasteiger partial charge in [-0.15, -0.1) is 0 Å². The second kappa shape index (κ2) is 8.71. The smallest absolute Gasteiger partial charge is 0.261 e. The molecule has 5 nitrogen and oxygen atoms in total. The Balaban J connectivity index is 1.76. The van der Waals surface area contributed by atoms with Crippen LogP contribution in [0.2, 0.25) is 0 Å². The van der Waals surface area contributed by atoms with Crippen LogP contribution in [-0.4, -0.2) is 14.3 Å². The van der Waals surface area contributed by atoms with Crippen LogP contribution in [0.5, 0.6) is 0 Å². The van der Waals surface area contributed by atoms with Crippen LogP contribution in [0.4, 0.5) is 5.69 Å². The Labute approximate surface area is 165 Å². The first kappa shape index (κ1) is 19.6. The first-order chi connectivity index (χ1) is 13.5. The van der Waals surface area contributed by atoms with E-state index in [1.165, 1.54) is 18.2 Å². The first-order valence-electron chi connectivity index (χ1n) is 9.03. The average molecular weight is 394 g/mol. The van der Waals surface area contributed by atoms with Crippen LogP contribution in [-0.2, 0) is 10.0 Å². The van der Waals surface area contributed by atoms with E-state index in [9.17, 15) is 13.2 Å². The van der Waals surface area contributed by atoms with E-state index in [0.717, 1.165) is 12.0 Å². The molecule has 1 unspecified atom stereocenters. The Morgan fingerprint density at radius 2 is 1.54 bits per heavy atom. The van der Waals surface area contributed by atoms with Crippen molar-refractivity contribution in [1.82, 2.24) is 5.32 Å². The lowest BCUT2D eigenvalue weighted by atomic mass is 10.0. The van der Waals surface area contributed by atoms with Gasteiger partial charge in [0.2, 0.25) is 0 Å². The third kappa shape index (κ3) is 4.78. The summed E-state index contributed by atoms with van der Waals surface area (Å²) in [5.74, 6) is -0.253. The highest BCUT2D eigenvalue weighted by atomic mass is 32.2. The Bertz CT molecular complexity index is 1040. The van der Waals surface area contributed by atoms with Crippen molar-refractivity contribution in [1.29, 1.82) is 0 Å². The molecule has 1 amide bonds. The number of anilines is 1. The van der Waals surface area contributed by atoms with Crippen molar-refractivity contribution in [2.24, 2.45) is 0 Å². The molecule has 0 aliphatic heterocycles. The number of nitrogens with one attached hydrogen (secondary N) is 2. The van der Waals surface area contributed by atoms with Crippen molar-refractivity contribution in [3.63, 3.8) is 0 Å². The number of sulfonamides is 1. The van der Waals surface area contributed by atoms with Crippen molar-refractivity contribution in [3.8, 4) is 0 Å². The number of rotatable bonds is 7. The Morgan fingerprint density at radius 1 is 0.893 bits per heavy atom. The highest BCUT2D eigenvalue weighted by molar-refractivity contribution is 7.92. The summed E-state index contributed by atoms with van der Waals surface area (Å²) in [5.41, 5.74) is 1.76. The van der Waals surface area contributed by atoms with Gasteiger partial charge in [0.25, 0.3) is 15.9 Å². The van der Waals surface area contributed by atoms with Crippen LogP contribution in [0, 0.1) is 0 Å². The molecular formula is C22H22N2O3S. The molecule has 3 aromatic rings. The molecule has 0 aromatic heterocycles. The molecular weight excluding hydrogens is 372 g/mol. The predicted octanol–water partition coefficient (Wildman–Crippen LogP) is 4.37. The second-order valence-electron chi connectivity index (χ2n) is 6.34. The lowest BCUT2D eigenvalue weighted by Gasteiger charge is -2.18. The number of carbonyl (C=O) groups is 1. The lowest BCUT2D eigenvalue weighted by Crippen LogP contribution is -2.28. The van der Waals surface area contributed by atoms with E-state index in [2.05, 4.69) is 10.0 Å². The fraction of sp³-hybridized carbons (Fsp3) is 0.136. The standard InChI is InChI=1S/C22H22N2O3S/c1-2-21(17-10-5-3-6-11-17)23-22(25)18-12-9-13-19(16-18)24-28(26,27)20-14-7-4-8-15-20/h3-16,21,24H,2H2,1H3,(H,23,25). The summed E-state index contributed by atoms with van der Waals surface area (Å²) in [4.78, 5) is 12.9. The summed E-state index contributed by atoms with van der Waals surface area (Å²) in [6.07, 6.45) is 0.746. The van der Waals surface area contributed by atoms with Crippen molar-refractivity contribution < 1.29 is 13.2 Å². The molecule has 1 atom stereocenters. The molecule has 0 spiro atoms. The largest absolute Gasteiger partial charge is 0.345 e. The molecule has 0 aliphatic carbocycles. The minimum Gasteiger partial charge on any atom is -0.345 e. The maximum atomic E-state index is 12.7. The second-order valence-corrected chi connectivity index (χ2v) is 8.03. The van der Waals surface area contributed by atoms with Gasteiger partial charge < -0.3 is 5.32 Å². The first-order valence-corrected chi connectivity index (χ1v) is 10.5. The van der Waals surface area contributed by atoms with E-state index in [1.807, 2.05) is 37.3 Å². The molecule has 28 heavy (non-hydrogen) atoms. The number of hydrogen-bond acceptors (Lipinski definition) is 3. The van der Waals surface area contributed by atoms with Gasteiger partial charge in [-0.2, -0.15) is 0 Å². The predicted molar refractivity (Wildman–Crippen MR) is 111 cm³/mol. The highest BCUT2D eigenvalue weighted by Gasteiger charge is 2.16. The fourth-order valence-corrected chi connectivity index (χ4v) is 3.96. The third-order valence-electron chi connectivity index (χ3n) is 4.35. The molecule has 3 aromatic carbocycles. The van der Waals surface area contributed by atoms with Crippen LogP contribution in [0.1, 0.15) is 35.3 Å². The third-order valence-corrected chi connectivity index (χ3v) is 5.74. The molecule has 0 bridgehead atoms. The molecule has 0 heterocycles. The van der Waals surface area contributed by atoms with Crippen molar-refractivity contribution in [3.05, 3.63) is 96.1 Å². The van der Waals surface area contributed by atoms with Crippen LogP contribution in [0.25, 0.3) is 0 Å². The molecule has 6 heteroatoms. The molecule has 0 radical (unpaired) electrons. The number of carbonyl (C=O) groups excluding carboxylic acids is 1. The molecule has 0 aliphatic rings. The zero-order valence-electron chi connectivity index (χ0n) is 15.5. The van der Waals surface area contributed by atoms with Gasteiger partial charge in [0.05, 0.1) is 10.9 Å². The van der Waals surface area contributed by atoms with Gasteiger partial charge in [-0.3, -0.25) is 9.52 Å². The number of hydrogen-bond donors (Lipinski definition) is 2. The summed E-state index contributed by atoms with van der Waals surface area (Å²) in [6, 6.07) is 24.2. The molecule has 3 rings (SSSR count). The maximum Gasteiger partial charge on any atom is 0.261 e. The summed E-state index contributed by atoms with van der Waals surface area (Å²) in [6.45, 7) is 2.00. The Kier molecular flexibility index (Phi) is 6.11. The molecule has 0 saturated carbocycles. The van der Waals surface area contributed by atoms with Crippen LogP contribution in [0.3, 0.4) is 0 Å². The zero-order chi connectivity index (χ0) is 20.0. The van der Waals surface area contributed by atoms with Gasteiger partial charge in [0.1, 0.15) is 0 Å². The summed E-state index contributed by atoms with van der Waals surface area (Å²) >= 11 is 0. The zero-order valence-corrected chi connectivity index (χ0v) is 16.3. The quantitative estimate of drug-likeness (QED) is 0.625. The monoisotopic (exact) mass is 394 g/mol. The fourth-order valence-electron chi connectivity index (χ4n) is 2.89. The summed E-state index contributed by atoms with van der Waals surface area (Å²) in [7, 11) is -3.71.